The number of likely N-dealkylation sites (tertiary alicyclic amines) is 1. The Morgan fingerprint density at radius 3 is 2.81 bits per heavy atom. The Kier molecular flexibility index (Phi) is 7.01. The molecule has 8 nitrogen and oxygen atoms in total. The zero-order valence-electron chi connectivity index (χ0n) is 18.4. The molecule has 1 aliphatic heterocycles. The number of anilines is 1. The lowest BCUT2D eigenvalue weighted by atomic mass is 9.97. The third-order valence-electron chi connectivity index (χ3n) is 5.50. The Hall–Kier alpha value is -3.39. The van der Waals surface area contributed by atoms with Crippen molar-refractivity contribution in [3.63, 3.8) is 0 Å². The van der Waals surface area contributed by atoms with E-state index >= 15 is 0 Å². The van der Waals surface area contributed by atoms with Crippen LogP contribution in [0.25, 0.3) is 11.4 Å². The molecular weight excluding hydrogens is 408 g/mol. The van der Waals surface area contributed by atoms with E-state index < -0.39 is 0 Å². The highest BCUT2D eigenvalue weighted by Crippen LogP contribution is 2.26. The first-order valence-electron chi connectivity index (χ1n) is 10.9. The van der Waals surface area contributed by atoms with Crippen LogP contribution < -0.4 is 14.8 Å². The van der Waals surface area contributed by atoms with Crippen LogP contribution >= 0.6 is 0 Å². The van der Waals surface area contributed by atoms with Crippen LogP contribution in [0.1, 0.15) is 25.7 Å². The molecule has 4 rings (SSSR count). The number of nitrogens with zero attached hydrogens (tertiary/aromatic N) is 3. The quantitative estimate of drug-likeness (QED) is 0.571. The van der Waals surface area contributed by atoms with E-state index in [0.717, 1.165) is 30.7 Å². The third kappa shape index (κ3) is 5.26. The van der Waals surface area contributed by atoms with Crippen molar-refractivity contribution >= 4 is 11.6 Å². The first kappa shape index (κ1) is 21.8. The maximum absolute atomic E-state index is 12.9. The van der Waals surface area contributed by atoms with Gasteiger partial charge in [-0.1, -0.05) is 17.3 Å². The highest BCUT2D eigenvalue weighted by Gasteiger charge is 2.27. The summed E-state index contributed by atoms with van der Waals surface area (Å²) in [5, 5.41) is 7.13. The van der Waals surface area contributed by atoms with Gasteiger partial charge in [0, 0.05) is 12.1 Å². The van der Waals surface area contributed by atoms with Crippen molar-refractivity contribution in [2.24, 2.45) is 5.92 Å². The van der Waals surface area contributed by atoms with E-state index in [1.807, 2.05) is 55.5 Å². The van der Waals surface area contributed by atoms with Gasteiger partial charge in [-0.15, -0.1) is 0 Å². The van der Waals surface area contributed by atoms with Gasteiger partial charge < -0.3 is 19.3 Å². The van der Waals surface area contributed by atoms with Gasteiger partial charge in [-0.2, -0.15) is 4.98 Å². The van der Waals surface area contributed by atoms with Crippen molar-refractivity contribution in [2.75, 3.05) is 32.1 Å². The lowest BCUT2D eigenvalue weighted by Crippen LogP contribution is -2.40. The van der Waals surface area contributed by atoms with E-state index in [-0.39, 0.29) is 11.8 Å². The predicted octanol–water partition coefficient (Wildman–Crippen LogP) is 3.99. The van der Waals surface area contributed by atoms with Gasteiger partial charge in [-0.3, -0.25) is 9.69 Å². The first-order chi connectivity index (χ1) is 15.7. The number of methoxy groups -OCH3 is 1. The zero-order chi connectivity index (χ0) is 22.3. The van der Waals surface area contributed by atoms with Gasteiger partial charge >= 0.3 is 0 Å². The molecule has 1 saturated heterocycles. The van der Waals surface area contributed by atoms with Crippen molar-refractivity contribution in [3.05, 3.63) is 54.4 Å². The second-order valence-corrected chi connectivity index (χ2v) is 7.73. The van der Waals surface area contributed by atoms with Crippen LogP contribution in [-0.2, 0) is 11.3 Å². The average molecular weight is 437 g/mol. The van der Waals surface area contributed by atoms with Crippen LogP contribution in [0.15, 0.2) is 53.1 Å². The number of piperidine rings is 1. The second-order valence-electron chi connectivity index (χ2n) is 7.73. The minimum absolute atomic E-state index is 0.00584. The van der Waals surface area contributed by atoms with Crippen LogP contribution in [0.5, 0.6) is 11.5 Å². The van der Waals surface area contributed by atoms with Gasteiger partial charge in [0.25, 0.3) is 0 Å². The number of ether oxygens (including phenoxy) is 2. The number of nitrogens with one attached hydrogen (secondary N) is 1. The van der Waals surface area contributed by atoms with Crippen LogP contribution in [-0.4, -0.2) is 47.8 Å². The summed E-state index contributed by atoms with van der Waals surface area (Å²) in [6.45, 7) is 4.52. The van der Waals surface area contributed by atoms with Gasteiger partial charge in [-0.05, 0) is 62.7 Å². The largest absolute Gasteiger partial charge is 0.497 e. The number of carbonyl (C=O) groups is 1. The molecule has 1 atom stereocenters. The Morgan fingerprint density at radius 2 is 2.03 bits per heavy atom. The van der Waals surface area contributed by atoms with Crippen molar-refractivity contribution in [2.45, 2.75) is 26.3 Å². The van der Waals surface area contributed by atoms with Crippen molar-refractivity contribution in [1.29, 1.82) is 0 Å². The zero-order valence-corrected chi connectivity index (χ0v) is 18.4. The van der Waals surface area contributed by atoms with E-state index in [0.29, 0.717) is 42.8 Å². The van der Waals surface area contributed by atoms with E-state index in [4.69, 9.17) is 14.0 Å². The second kappa shape index (κ2) is 10.3. The third-order valence-corrected chi connectivity index (χ3v) is 5.50. The fourth-order valence-electron chi connectivity index (χ4n) is 3.87. The summed E-state index contributed by atoms with van der Waals surface area (Å²) >= 11 is 0. The van der Waals surface area contributed by atoms with Crippen LogP contribution in [0.4, 0.5) is 5.69 Å². The number of hydrogen-bond acceptors (Lipinski definition) is 7. The number of aromatic nitrogens is 2. The van der Waals surface area contributed by atoms with Gasteiger partial charge in [0.2, 0.25) is 17.6 Å². The summed E-state index contributed by atoms with van der Waals surface area (Å²) < 4.78 is 16.3. The lowest BCUT2D eigenvalue weighted by Gasteiger charge is -2.31. The highest BCUT2D eigenvalue weighted by molar-refractivity contribution is 5.94. The molecule has 3 aromatic rings. The molecule has 168 valence electrons. The molecule has 0 saturated carbocycles. The van der Waals surface area contributed by atoms with E-state index in [2.05, 4.69) is 20.4 Å². The molecule has 1 unspecified atom stereocenters. The van der Waals surface area contributed by atoms with Crippen LogP contribution in [0.3, 0.4) is 0 Å². The molecule has 0 aliphatic carbocycles. The standard InChI is InChI=1S/C24H28N4O4/c1-3-31-21-9-5-4-8-20(21)25-24(29)18-7-6-14-28(15-18)16-22-26-23(27-32-22)17-10-12-19(30-2)13-11-17/h4-5,8-13,18H,3,6-7,14-16H2,1-2H3,(H,25,29). The molecule has 1 N–H and O–H groups in total. The summed E-state index contributed by atoms with van der Waals surface area (Å²) in [7, 11) is 1.63. The van der Waals surface area contributed by atoms with Gasteiger partial charge in [0.05, 0.1) is 31.9 Å². The number of benzene rings is 2. The fourth-order valence-corrected chi connectivity index (χ4v) is 3.87. The Balaban J connectivity index is 1.36. The van der Waals surface area contributed by atoms with Gasteiger partial charge in [-0.25, -0.2) is 0 Å². The van der Waals surface area contributed by atoms with E-state index in [1.54, 1.807) is 7.11 Å². The normalized spacial score (nSPS) is 16.5. The molecule has 1 aliphatic rings. The molecule has 1 amide bonds. The minimum Gasteiger partial charge on any atom is -0.497 e. The fraction of sp³-hybridized carbons (Fsp3) is 0.375. The topological polar surface area (TPSA) is 89.7 Å². The molecule has 1 fully saturated rings. The van der Waals surface area contributed by atoms with Crippen LogP contribution in [0, 0.1) is 5.92 Å². The summed E-state index contributed by atoms with van der Waals surface area (Å²) in [6.07, 6.45) is 1.78. The van der Waals surface area contributed by atoms with Crippen LogP contribution in [0.2, 0.25) is 0 Å². The Labute approximate surface area is 187 Å². The summed E-state index contributed by atoms with van der Waals surface area (Å²) in [4.78, 5) is 19.6. The van der Waals surface area contributed by atoms with Gasteiger partial charge in [0.1, 0.15) is 11.5 Å². The molecule has 8 heteroatoms. The van der Waals surface area contributed by atoms with E-state index in [9.17, 15) is 4.79 Å². The maximum atomic E-state index is 12.9. The Bertz CT molecular complexity index is 1030. The molecule has 32 heavy (non-hydrogen) atoms. The smallest absolute Gasteiger partial charge is 0.241 e. The van der Waals surface area contributed by atoms with Crippen molar-refractivity contribution in [1.82, 2.24) is 15.0 Å². The van der Waals surface area contributed by atoms with Crippen molar-refractivity contribution < 1.29 is 18.8 Å². The van der Waals surface area contributed by atoms with Gasteiger partial charge in [0.15, 0.2) is 0 Å². The predicted molar refractivity (Wildman–Crippen MR) is 121 cm³/mol. The summed E-state index contributed by atoms with van der Waals surface area (Å²) in [5.41, 5.74) is 1.57. The minimum atomic E-state index is -0.109. The Morgan fingerprint density at radius 1 is 1.22 bits per heavy atom. The lowest BCUT2D eigenvalue weighted by molar-refractivity contribution is -0.121. The molecule has 0 spiro atoms. The number of para-hydroxylation sites is 2. The average Bonchev–Trinajstić information content (AvgIpc) is 3.29. The molecule has 0 bridgehead atoms. The summed E-state index contributed by atoms with van der Waals surface area (Å²) in [6, 6.07) is 15.0. The number of hydrogen-bond donors (Lipinski definition) is 1. The number of rotatable bonds is 8. The highest BCUT2D eigenvalue weighted by atomic mass is 16.5. The molecule has 0 radical (unpaired) electrons. The number of amides is 1. The van der Waals surface area contributed by atoms with Crippen molar-refractivity contribution in [3.8, 4) is 22.9 Å². The molecule has 2 heterocycles. The SMILES string of the molecule is CCOc1ccccc1NC(=O)C1CCCN(Cc2nc(-c3ccc(OC)cc3)no2)C1. The first-order valence-corrected chi connectivity index (χ1v) is 10.9. The number of carbonyl (C=O) groups excluding carboxylic acids is 1. The maximum Gasteiger partial charge on any atom is 0.241 e. The monoisotopic (exact) mass is 436 g/mol. The van der Waals surface area contributed by atoms with E-state index in [1.165, 1.54) is 0 Å². The molecule has 1 aromatic heterocycles. The molecule has 2 aromatic carbocycles. The molecular formula is C24H28N4O4. The summed E-state index contributed by atoms with van der Waals surface area (Å²) in [5.74, 6) is 2.45.